The Morgan fingerprint density at radius 2 is 1.96 bits per heavy atom. The third-order valence-corrected chi connectivity index (χ3v) is 4.73. The molecule has 0 saturated heterocycles. The van der Waals surface area contributed by atoms with Gasteiger partial charge < -0.3 is 15.4 Å². The summed E-state index contributed by atoms with van der Waals surface area (Å²) < 4.78 is 5.49. The fraction of sp³-hybridized carbons (Fsp3) is 0.300. The Labute approximate surface area is 146 Å². The predicted octanol–water partition coefficient (Wildman–Crippen LogP) is 3.54. The molecule has 1 atom stereocenters. The average molecular weight is 336 g/mol. The molecule has 0 radical (unpaired) electrons. The number of hydrogen-bond acceptors (Lipinski definition) is 3. The fourth-order valence-electron chi connectivity index (χ4n) is 3.37. The van der Waals surface area contributed by atoms with Crippen molar-refractivity contribution in [2.75, 3.05) is 17.2 Å². The maximum atomic E-state index is 12.6. The third kappa shape index (κ3) is 3.50. The van der Waals surface area contributed by atoms with E-state index in [2.05, 4.69) is 22.8 Å². The lowest BCUT2D eigenvalue weighted by molar-refractivity contribution is -0.118. The van der Waals surface area contributed by atoms with Crippen molar-refractivity contribution >= 4 is 23.2 Å². The number of amides is 2. The third-order valence-electron chi connectivity index (χ3n) is 4.73. The van der Waals surface area contributed by atoms with Crippen LogP contribution in [-0.2, 0) is 9.59 Å². The molecule has 5 nitrogen and oxygen atoms in total. The second-order valence-electron chi connectivity index (χ2n) is 6.63. The lowest BCUT2D eigenvalue weighted by Crippen LogP contribution is -2.26. The summed E-state index contributed by atoms with van der Waals surface area (Å²) in [6, 6.07) is 15.6. The number of benzene rings is 2. The molecular formula is C20H20N2O3. The fourth-order valence-corrected chi connectivity index (χ4v) is 3.37. The lowest BCUT2D eigenvalue weighted by atomic mass is 9.91. The van der Waals surface area contributed by atoms with Gasteiger partial charge in [0.05, 0.1) is 11.4 Å². The van der Waals surface area contributed by atoms with Crippen molar-refractivity contribution in [2.24, 2.45) is 5.92 Å². The largest absolute Gasteiger partial charge is 0.479 e. The Kier molecular flexibility index (Phi) is 4.14. The molecule has 2 amide bonds. The maximum absolute atomic E-state index is 12.6. The molecule has 128 valence electrons. The van der Waals surface area contributed by atoms with Crippen LogP contribution in [0.3, 0.4) is 0 Å². The zero-order valence-corrected chi connectivity index (χ0v) is 13.8. The quantitative estimate of drug-likeness (QED) is 0.877. The minimum Gasteiger partial charge on any atom is -0.479 e. The molecule has 1 fully saturated rings. The smallest absolute Gasteiger partial charge is 0.262 e. The van der Waals surface area contributed by atoms with Gasteiger partial charge in [0.25, 0.3) is 5.91 Å². The molecule has 25 heavy (non-hydrogen) atoms. The van der Waals surface area contributed by atoms with Crippen molar-refractivity contribution in [1.29, 1.82) is 0 Å². The van der Waals surface area contributed by atoms with E-state index in [9.17, 15) is 9.59 Å². The molecule has 0 bridgehead atoms. The van der Waals surface area contributed by atoms with Gasteiger partial charge in [0, 0.05) is 6.42 Å². The maximum Gasteiger partial charge on any atom is 0.262 e. The molecule has 2 aromatic carbocycles. The number of carbonyl (C=O) groups is 2. The molecule has 2 aliphatic rings. The molecule has 2 N–H and O–H groups in total. The molecule has 1 saturated carbocycles. The van der Waals surface area contributed by atoms with E-state index in [0.717, 1.165) is 0 Å². The van der Waals surface area contributed by atoms with Crippen LogP contribution in [0.25, 0.3) is 0 Å². The van der Waals surface area contributed by atoms with Crippen molar-refractivity contribution in [3.05, 3.63) is 54.1 Å². The van der Waals surface area contributed by atoms with Gasteiger partial charge in [-0.05, 0) is 42.4 Å². The standard InChI is InChI=1S/C20H20N2O3/c23-18(11-15(14-9-10-14)13-5-2-1-3-6-13)21-16-7-4-8-17-20(16)25-12-19(24)22-17/h1-8,14-15H,9-12H2,(H,21,23)(H,22,24). The van der Waals surface area contributed by atoms with Gasteiger partial charge in [0.15, 0.2) is 12.4 Å². The van der Waals surface area contributed by atoms with Crippen molar-refractivity contribution in [2.45, 2.75) is 25.2 Å². The number of anilines is 2. The van der Waals surface area contributed by atoms with Crippen molar-refractivity contribution in [3.63, 3.8) is 0 Å². The van der Waals surface area contributed by atoms with Gasteiger partial charge in [-0.25, -0.2) is 0 Å². The molecule has 1 heterocycles. The van der Waals surface area contributed by atoms with Crippen LogP contribution in [0.5, 0.6) is 5.75 Å². The van der Waals surface area contributed by atoms with E-state index in [1.165, 1.54) is 18.4 Å². The molecule has 1 aliphatic carbocycles. The summed E-state index contributed by atoms with van der Waals surface area (Å²) in [6.45, 7) is -0.0331. The van der Waals surface area contributed by atoms with Crippen LogP contribution in [0.4, 0.5) is 11.4 Å². The zero-order chi connectivity index (χ0) is 17.2. The van der Waals surface area contributed by atoms with E-state index in [4.69, 9.17) is 4.74 Å². The number of ether oxygens (including phenoxy) is 1. The van der Waals surface area contributed by atoms with Crippen LogP contribution >= 0.6 is 0 Å². The SMILES string of the molecule is O=C1COc2c(cccc2NC(=O)CC(c2ccccc2)C2CC2)N1. The molecule has 1 aliphatic heterocycles. The number of para-hydroxylation sites is 1. The first-order chi connectivity index (χ1) is 12.2. The first-order valence-corrected chi connectivity index (χ1v) is 8.61. The van der Waals surface area contributed by atoms with E-state index < -0.39 is 0 Å². The van der Waals surface area contributed by atoms with E-state index in [1.54, 1.807) is 18.2 Å². The summed E-state index contributed by atoms with van der Waals surface area (Å²) in [5.41, 5.74) is 2.42. The van der Waals surface area contributed by atoms with Crippen LogP contribution in [0.1, 0.15) is 30.7 Å². The highest BCUT2D eigenvalue weighted by atomic mass is 16.5. The van der Waals surface area contributed by atoms with Gasteiger partial charge in [-0.3, -0.25) is 9.59 Å². The summed E-state index contributed by atoms with van der Waals surface area (Å²) in [6.07, 6.45) is 2.82. The number of fused-ring (bicyclic) bond motifs is 1. The molecule has 0 aromatic heterocycles. The molecular weight excluding hydrogens is 316 g/mol. The molecule has 0 spiro atoms. The van der Waals surface area contributed by atoms with Gasteiger partial charge in [-0.2, -0.15) is 0 Å². The predicted molar refractivity (Wildman–Crippen MR) is 95.7 cm³/mol. The second kappa shape index (κ2) is 6.59. The van der Waals surface area contributed by atoms with Gasteiger partial charge in [-0.15, -0.1) is 0 Å². The monoisotopic (exact) mass is 336 g/mol. The van der Waals surface area contributed by atoms with Gasteiger partial charge in [-0.1, -0.05) is 36.4 Å². The van der Waals surface area contributed by atoms with Crippen LogP contribution in [0.2, 0.25) is 0 Å². The van der Waals surface area contributed by atoms with Gasteiger partial charge >= 0.3 is 0 Å². The molecule has 5 heteroatoms. The van der Waals surface area contributed by atoms with E-state index >= 15 is 0 Å². The number of hydrogen-bond donors (Lipinski definition) is 2. The summed E-state index contributed by atoms with van der Waals surface area (Å²) in [5.74, 6) is 1.15. The second-order valence-corrected chi connectivity index (χ2v) is 6.63. The number of rotatable bonds is 5. The molecule has 2 aromatic rings. The lowest BCUT2D eigenvalue weighted by Gasteiger charge is -2.21. The topological polar surface area (TPSA) is 67.4 Å². The summed E-state index contributed by atoms with van der Waals surface area (Å²) in [5, 5.41) is 5.71. The summed E-state index contributed by atoms with van der Waals surface area (Å²) >= 11 is 0. The number of nitrogens with one attached hydrogen (secondary N) is 2. The Hall–Kier alpha value is -2.82. The first-order valence-electron chi connectivity index (χ1n) is 8.61. The van der Waals surface area contributed by atoms with Crippen LogP contribution < -0.4 is 15.4 Å². The minimum absolute atomic E-state index is 0.0327. The van der Waals surface area contributed by atoms with E-state index in [1.807, 2.05) is 18.2 Å². The first kappa shape index (κ1) is 15.7. The average Bonchev–Trinajstić information content (AvgIpc) is 3.45. The highest BCUT2D eigenvalue weighted by molar-refractivity contribution is 6.00. The van der Waals surface area contributed by atoms with Crippen molar-refractivity contribution in [3.8, 4) is 5.75 Å². The van der Waals surface area contributed by atoms with Crippen LogP contribution in [-0.4, -0.2) is 18.4 Å². The van der Waals surface area contributed by atoms with Crippen LogP contribution in [0, 0.1) is 5.92 Å². The van der Waals surface area contributed by atoms with E-state index in [0.29, 0.717) is 29.5 Å². The Bertz CT molecular complexity index is 800. The highest BCUT2D eigenvalue weighted by Gasteiger charge is 2.33. The molecule has 4 rings (SSSR count). The van der Waals surface area contributed by atoms with Crippen LogP contribution in [0.15, 0.2) is 48.5 Å². The number of carbonyl (C=O) groups excluding carboxylic acids is 2. The van der Waals surface area contributed by atoms with Gasteiger partial charge in [0.2, 0.25) is 5.91 Å². The van der Waals surface area contributed by atoms with Crippen molar-refractivity contribution in [1.82, 2.24) is 0 Å². The van der Waals surface area contributed by atoms with E-state index in [-0.39, 0.29) is 24.3 Å². The Balaban J connectivity index is 1.49. The zero-order valence-electron chi connectivity index (χ0n) is 13.8. The summed E-state index contributed by atoms with van der Waals surface area (Å²) in [4.78, 5) is 24.0. The highest BCUT2D eigenvalue weighted by Crippen LogP contribution is 2.44. The minimum atomic E-state index is -0.186. The van der Waals surface area contributed by atoms with Crippen molar-refractivity contribution < 1.29 is 14.3 Å². The summed E-state index contributed by atoms with van der Waals surface area (Å²) in [7, 11) is 0. The molecule has 1 unspecified atom stereocenters. The Morgan fingerprint density at radius 3 is 2.72 bits per heavy atom. The normalized spacial score (nSPS) is 17.0. The Morgan fingerprint density at radius 1 is 1.16 bits per heavy atom. The van der Waals surface area contributed by atoms with Gasteiger partial charge in [0.1, 0.15) is 0 Å².